The van der Waals surface area contributed by atoms with Crippen molar-refractivity contribution in [3.05, 3.63) is 72.4 Å². The molecule has 0 spiro atoms. The third kappa shape index (κ3) is 5.53. The number of carbonyl (C=O) groups excluding carboxylic acids is 1. The maximum atomic E-state index is 13.4. The molecule has 1 fully saturated rings. The van der Waals surface area contributed by atoms with Crippen molar-refractivity contribution in [2.24, 2.45) is 0 Å². The number of para-hydroxylation sites is 1. The van der Waals surface area contributed by atoms with E-state index in [0.29, 0.717) is 5.52 Å². The van der Waals surface area contributed by atoms with Gasteiger partial charge in [-0.1, -0.05) is 74.2 Å². The molecular weight excluding hydrogens is 422 g/mol. The summed E-state index contributed by atoms with van der Waals surface area (Å²) in [5.74, 6) is -0.280. The van der Waals surface area contributed by atoms with Crippen LogP contribution in [0.25, 0.3) is 10.9 Å². The van der Waals surface area contributed by atoms with Gasteiger partial charge in [-0.3, -0.25) is 9.78 Å². The van der Waals surface area contributed by atoms with Gasteiger partial charge in [0.2, 0.25) is 15.9 Å². The number of carbonyl (C=O) groups is 1. The molecule has 0 aliphatic heterocycles. The first-order valence-corrected chi connectivity index (χ1v) is 12.7. The summed E-state index contributed by atoms with van der Waals surface area (Å²) in [6.45, 7) is 0. The molecule has 1 atom stereocenters. The number of amides is 1. The summed E-state index contributed by atoms with van der Waals surface area (Å²) in [5, 5.41) is 3.84. The van der Waals surface area contributed by atoms with Crippen LogP contribution in [0.2, 0.25) is 0 Å². The summed E-state index contributed by atoms with van der Waals surface area (Å²) in [5.41, 5.74) is 1.29. The summed E-state index contributed by atoms with van der Waals surface area (Å²) >= 11 is 0. The molecule has 1 amide bonds. The Morgan fingerprint density at radius 1 is 0.938 bits per heavy atom. The molecule has 168 valence electrons. The predicted molar refractivity (Wildman–Crippen MR) is 126 cm³/mol. The molecule has 7 heteroatoms. The number of benzene rings is 2. The van der Waals surface area contributed by atoms with Crippen LogP contribution in [0.3, 0.4) is 0 Å². The van der Waals surface area contributed by atoms with E-state index in [0.717, 1.165) is 36.6 Å². The maximum absolute atomic E-state index is 13.4. The van der Waals surface area contributed by atoms with Gasteiger partial charge in [0, 0.05) is 17.6 Å². The summed E-state index contributed by atoms with van der Waals surface area (Å²) in [6, 6.07) is 17.3. The summed E-state index contributed by atoms with van der Waals surface area (Å²) in [7, 11) is -3.97. The van der Waals surface area contributed by atoms with Crippen LogP contribution in [-0.4, -0.2) is 31.4 Å². The van der Waals surface area contributed by atoms with E-state index in [9.17, 15) is 13.2 Å². The molecule has 1 aliphatic rings. The highest BCUT2D eigenvalue weighted by Crippen LogP contribution is 2.22. The van der Waals surface area contributed by atoms with E-state index >= 15 is 0 Å². The van der Waals surface area contributed by atoms with Crippen LogP contribution >= 0.6 is 0 Å². The van der Waals surface area contributed by atoms with E-state index in [4.69, 9.17) is 0 Å². The van der Waals surface area contributed by atoms with Crippen LogP contribution < -0.4 is 10.0 Å². The molecule has 1 saturated carbocycles. The van der Waals surface area contributed by atoms with Gasteiger partial charge in [-0.15, -0.1) is 0 Å². The predicted octanol–water partition coefficient (Wildman–Crippen LogP) is 3.96. The standard InChI is InChI=1S/C25H29N3O3S/c29-25(27-21-14-6-1-2-7-15-21)22(18-19-10-4-3-5-11-19)28-32(30,31)23-16-8-12-20-13-9-17-26-24(20)23/h3-5,8-13,16-17,21-22,28H,1-2,6-7,14-15,18H2,(H,27,29). The molecule has 4 rings (SSSR count). The van der Waals surface area contributed by atoms with E-state index in [1.165, 1.54) is 18.9 Å². The second-order valence-electron chi connectivity index (χ2n) is 8.39. The molecule has 6 nitrogen and oxygen atoms in total. The number of rotatable bonds is 7. The second-order valence-corrected chi connectivity index (χ2v) is 10.1. The van der Waals surface area contributed by atoms with Crippen molar-refractivity contribution >= 4 is 26.8 Å². The maximum Gasteiger partial charge on any atom is 0.243 e. The number of fused-ring (bicyclic) bond motifs is 1. The van der Waals surface area contributed by atoms with E-state index in [2.05, 4.69) is 15.0 Å². The fourth-order valence-electron chi connectivity index (χ4n) is 4.31. The zero-order valence-corrected chi connectivity index (χ0v) is 18.9. The van der Waals surface area contributed by atoms with Gasteiger partial charge < -0.3 is 5.32 Å². The molecule has 0 radical (unpaired) electrons. The van der Waals surface area contributed by atoms with Crippen LogP contribution in [0.15, 0.2) is 71.8 Å². The smallest absolute Gasteiger partial charge is 0.243 e. The molecule has 3 aromatic rings. The Balaban J connectivity index is 1.60. The summed E-state index contributed by atoms with van der Waals surface area (Å²) in [4.78, 5) is 17.6. The third-order valence-corrected chi connectivity index (χ3v) is 7.49. The Bertz CT molecular complexity index is 1150. The van der Waals surface area contributed by atoms with Crippen LogP contribution in [0.4, 0.5) is 0 Å². The van der Waals surface area contributed by atoms with E-state index in [-0.39, 0.29) is 23.3 Å². The molecule has 0 saturated heterocycles. The van der Waals surface area contributed by atoms with Crippen molar-refractivity contribution in [2.75, 3.05) is 0 Å². The molecular formula is C25H29N3O3S. The van der Waals surface area contributed by atoms with Gasteiger partial charge in [-0.25, -0.2) is 8.42 Å². The molecule has 2 aromatic carbocycles. The minimum absolute atomic E-state index is 0.0796. The molecule has 1 unspecified atom stereocenters. The molecule has 32 heavy (non-hydrogen) atoms. The van der Waals surface area contributed by atoms with Gasteiger partial charge in [0.05, 0.1) is 5.52 Å². The highest BCUT2D eigenvalue weighted by atomic mass is 32.2. The fraction of sp³-hybridized carbons (Fsp3) is 0.360. The van der Waals surface area contributed by atoms with Crippen molar-refractivity contribution in [1.82, 2.24) is 15.0 Å². The van der Waals surface area contributed by atoms with E-state index < -0.39 is 16.1 Å². The van der Waals surface area contributed by atoms with Crippen LogP contribution in [0.5, 0.6) is 0 Å². The number of hydrogen-bond donors (Lipinski definition) is 2. The Morgan fingerprint density at radius 3 is 2.41 bits per heavy atom. The first kappa shape index (κ1) is 22.4. The quantitative estimate of drug-likeness (QED) is 0.532. The van der Waals surface area contributed by atoms with Crippen LogP contribution in [-0.2, 0) is 21.2 Å². The third-order valence-electron chi connectivity index (χ3n) is 5.98. The van der Waals surface area contributed by atoms with Crippen molar-refractivity contribution < 1.29 is 13.2 Å². The number of nitrogens with zero attached hydrogens (tertiary/aromatic N) is 1. The average molecular weight is 452 g/mol. The van der Waals surface area contributed by atoms with Crippen molar-refractivity contribution in [2.45, 2.75) is 61.9 Å². The van der Waals surface area contributed by atoms with Crippen LogP contribution in [0.1, 0.15) is 44.1 Å². The Labute approximate surface area is 189 Å². The number of sulfonamides is 1. The lowest BCUT2D eigenvalue weighted by Crippen LogP contribution is -2.50. The topological polar surface area (TPSA) is 88.2 Å². The Kier molecular flexibility index (Phi) is 7.17. The average Bonchev–Trinajstić information content (AvgIpc) is 3.07. The highest BCUT2D eigenvalue weighted by Gasteiger charge is 2.29. The lowest BCUT2D eigenvalue weighted by atomic mass is 10.0. The minimum atomic E-state index is -3.97. The molecule has 1 aliphatic carbocycles. The van der Waals surface area contributed by atoms with Gasteiger partial charge in [-0.2, -0.15) is 4.72 Å². The molecule has 2 N–H and O–H groups in total. The van der Waals surface area contributed by atoms with Gasteiger partial charge in [0.25, 0.3) is 0 Å². The molecule has 0 bridgehead atoms. The SMILES string of the molecule is O=C(NC1CCCCCC1)C(Cc1ccccc1)NS(=O)(=O)c1cccc2cccnc12. The summed E-state index contributed by atoms with van der Waals surface area (Å²) in [6.07, 6.45) is 8.25. The van der Waals surface area contributed by atoms with Gasteiger partial charge in [0.15, 0.2) is 0 Å². The van der Waals surface area contributed by atoms with Gasteiger partial charge >= 0.3 is 0 Å². The molecule has 1 heterocycles. The van der Waals surface area contributed by atoms with E-state index in [1.807, 2.05) is 42.5 Å². The van der Waals surface area contributed by atoms with Crippen molar-refractivity contribution in [3.8, 4) is 0 Å². The van der Waals surface area contributed by atoms with Crippen molar-refractivity contribution in [1.29, 1.82) is 0 Å². The lowest BCUT2D eigenvalue weighted by molar-refractivity contribution is -0.123. The summed E-state index contributed by atoms with van der Waals surface area (Å²) < 4.78 is 29.4. The van der Waals surface area contributed by atoms with Gasteiger partial charge in [0.1, 0.15) is 10.9 Å². The van der Waals surface area contributed by atoms with Gasteiger partial charge in [-0.05, 0) is 37.0 Å². The van der Waals surface area contributed by atoms with Crippen molar-refractivity contribution in [3.63, 3.8) is 0 Å². The molecule has 1 aromatic heterocycles. The number of pyridine rings is 1. The number of nitrogens with one attached hydrogen (secondary N) is 2. The largest absolute Gasteiger partial charge is 0.352 e. The monoisotopic (exact) mass is 451 g/mol. The second kappa shape index (κ2) is 10.2. The zero-order chi connectivity index (χ0) is 22.4. The fourth-order valence-corrected chi connectivity index (χ4v) is 5.68. The zero-order valence-electron chi connectivity index (χ0n) is 18.0. The van der Waals surface area contributed by atoms with Crippen LogP contribution in [0, 0.1) is 0 Å². The normalized spacial score (nSPS) is 16.4. The first-order chi connectivity index (χ1) is 15.5. The lowest BCUT2D eigenvalue weighted by Gasteiger charge is -2.23. The number of aromatic nitrogens is 1. The number of hydrogen-bond acceptors (Lipinski definition) is 4. The minimum Gasteiger partial charge on any atom is -0.352 e. The Hall–Kier alpha value is -2.77. The Morgan fingerprint density at radius 2 is 1.66 bits per heavy atom. The first-order valence-electron chi connectivity index (χ1n) is 11.2. The van der Waals surface area contributed by atoms with E-state index in [1.54, 1.807) is 18.3 Å². The highest BCUT2D eigenvalue weighted by molar-refractivity contribution is 7.89.